The number of nitrogens with two attached hydrogens (primary N) is 1. The van der Waals surface area contributed by atoms with Crippen LogP contribution in [0.25, 0.3) is 0 Å². The molecule has 2 N–H and O–H groups in total. The number of nitrogens with zero attached hydrogens (tertiary/aromatic N) is 2. The number of aromatic nitrogens is 1. The van der Waals surface area contributed by atoms with Gasteiger partial charge in [0.1, 0.15) is 0 Å². The van der Waals surface area contributed by atoms with Gasteiger partial charge in [0.2, 0.25) is 5.91 Å². The molecule has 0 aliphatic heterocycles. The summed E-state index contributed by atoms with van der Waals surface area (Å²) in [5.41, 5.74) is 8.45. The van der Waals surface area contributed by atoms with Crippen molar-refractivity contribution >= 4 is 42.1 Å². The van der Waals surface area contributed by atoms with Gasteiger partial charge in [-0.15, -0.1) is 36.2 Å². The lowest BCUT2D eigenvalue weighted by molar-refractivity contribution is -0.132. The highest BCUT2D eigenvalue weighted by molar-refractivity contribution is 7.07. The van der Waals surface area contributed by atoms with Gasteiger partial charge < -0.3 is 10.6 Å². The summed E-state index contributed by atoms with van der Waals surface area (Å²) in [5.74, 6) is 0.133. The van der Waals surface area contributed by atoms with Gasteiger partial charge in [0.05, 0.1) is 23.8 Å². The lowest BCUT2D eigenvalue weighted by Gasteiger charge is -2.22. The number of likely N-dealkylation sites (N-methyl/N-ethyl adjacent to an activating group) is 1. The van der Waals surface area contributed by atoms with Gasteiger partial charge >= 0.3 is 0 Å². The Balaban J connectivity index is 0. The molecular weight excluding hydrogens is 281 g/mol. The van der Waals surface area contributed by atoms with Crippen LogP contribution in [-0.2, 0) is 11.3 Å². The third kappa shape index (κ3) is 5.68. The van der Waals surface area contributed by atoms with Crippen LogP contribution in [0.2, 0.25) is 0 Å². The van der Waals surface area contributed by atoms with E-state index in [0.29, 0.717) is 6.54 Å². The zero-order chi connectivity index (χ0) is 11.4. The van der Waals surface area contributed by atoms with Crippen LogP contribution in [0.3, 0.4) is 0 Å². The van der Waals surface area contributed by atoms with Gasteiger partial charge in [-0.1, -0.05) is 13.8 Å². The van der Waals surface area contributed by atoms with Gasteiger partial charge in [-0.3, -0.25) is 4.79 Å². The second-order valence-corrected chi connectivity index (χ2v) is 4.66. The molecule has 0 saturated heterocycles. The third-order valence-electron chi connectivity index (χ3n) is 2.26. The van der Waals surface area contributed by atoms with Gasteiger partial charge in [0.25, 0.3) is 0 Å². The maximum Gasteiger partial charge on any atom is 0.239 e. The minimum absolute atomic E-state index is 0. The van der Waals surface area contributed by atoms with Crippen LogP contribution in [0.15, 0.2) is 10.9 Å². The highest BCUT2D eigenvalue weighted by Gasteiger charge is 2.21. The second kappa shape index (κ2) is 8.69. The maximum atomic E-state index is 11.8. The average molecular weight is 300 g/mol. The summed E-state index contributed by atoms with van der Waals surface area (Å²) in [6.07, 6.45) is 0. The predicted molar refractivity (Wildman–Crippen MR) is 75.9 cm³/mol. The van der Waals surface area contributed by atoms with Crippen LogP contribution >= 0.6 is 36.2 Å². The standard InChI is InChI=1S/C10H17N3OS.2ClH/c1-7(2)9(11)10(14)13(3)4-8-5-15-6-12-8;;/h5-7,9H,4,11H2,1-3H3;2*1H/t9-;;/m1../s1. The Labute approximate surface area is 118 Å². The molecule has 0 aliphatic carbocycles. The number of hydrogen-bond acceptors (Lipinski definition) is 4. The molecule has 4 nitrogen and oxygen atoms in total. The smallest absolute Gasteiger partial charge is 0.239 e. The molecule has 1 atom stereocenters. The summed E-state index contributed by atoms with van der Waals surface area (Å²) in [6.45, 7) is 4.42. The maximum absolute atomic E-state index is 11.8. The van der Waals surface area contributed by atoms with Crippen LogP contribution in [0.5, 0.6) is 0 Å². The molecule has 0 aromatic carbocycles. The van der Waals surface area contributed by atoms with E-state index in [4.69, 9.17) is 5.73 Å². The van der Waals surface area contributed by atoms with Gasteiger partial charge in [-0.25, -0.2) is 4.98 Å². The van der Waals surface area contributed by atoms with E-state index in [2.05, 4.69) is 4.98 Å². The summed E-state index contributed by atoms with van der Waals surface area (Å²) < 4.78 is 0. The van der Waals surface area contributed by atoms with Crippen molar-refractivity contribution in [2.75, 3.05) is 7.05 Å². The SMILES string of the molecule is CC(C)[C@@H](N)C(=O)N(C)Cc1cscn1.Cl.Cl. The molecule has 1 amide bonds. The highest BCUT2D eigenvalue weighted by atomic mass is 35.5. The fourth-order valence-electron chi connectivity index (χ4n) is 1.18. The topological polar surface area (TPSA) is 59.2 Å². The molecule has 1 aromatic heterocycles. The second-order valence-electron chi connectivity index (χ2n) is 3.94. The molecule has 0 saturated carbocycles. The van der Waals surface area contributed by atoms with Gasteiger partial charge in [0.15, 0.2) is 0 Å². The molecule has 1 heterocycles. The Morgan fingerprint density at radius 2 is 2.12 bits per heavy atom. The van der Waals surface area contributed by atoms with Crippen LogP contribution in [0.4, 0.5) is 0 Å². The van der Waals surface area contributed by atoms with E-state index in [1.54, 1.807) is 17.5 Å². The van der Waals surface area contributed by atoms with E-state index in [9.17, 15) is 4.79 Å². The molecule has 1 aromatic rings. The lowest BCUT2D eigenvalue weighted by Crippen LogP contribution is -2.44. The van der Waals surface area contributed by atoms with E-state index in [1.807, 2.05) is 19.2 Å². The number of carbonyl (C=O) groups is 1. The van der Waals surface area contributed by atoms with E-state index in [0.717, 1.165) is 5.69 Å². The quantitative estimate of drug-likeness (QED) is 0.924. The van der Waals surface area contributed by atoms with Crippen molar-refractivity contribution in [2.24, 2.45) is 11.7 Å². The van der Waals surface area contributed by atoms with Crippen LogP contribution in [0, 0.1) is 5.92 Å². The van der Waals surface area contributed by atoms with Gasteiger partial charge in [0, 0.05) is 12.4 Å². The normalized spacial score (nSPS) is 11.4. The fourth-order valence-corrected chi connectivity index (χ4v) is 1.73. The molecule has 0 fully saturated rings. The number of rotatable bonds is 4. The first-order valence-corrected chi connectivity index (χ1v) is 5.84. The predicted octanol–water partition coefficient (Wildman–Crippen LogP) is 1.93. The summed E-state index contributed by atoms with van der Waals surface area (Å²) in [7, 11) is 1.75. The van der Waals surface area contributed by atoms with Crippen LogP contribution in [-0.4, -0.2) is 28.9 Å². The Morgan fingerprint density at radius 3 is 2.53 bits per heavy atom. The minimum atomic E-state index is -0.423. The first-order chi connectivity index (χ1) is 7.02. The lowest BCUT2D eigenvalue weighted by atomic mass is 10.0. The van der Waals surface area contributed by atoms with Crippen molar-refractivity contribution in [3.8, 4) is 0 Å². The highest BCUT2D eigenvalue weighted by Crippen LogP contribution is 2.07. The summed E-state index contributed by atoms with van der Waals surface area (Å²) in [6, 6.07) is -0.423. The van der Waals surface area contributed by atoms with Crippen molar-refractivity contribution in [3.63, 3.8) is 0 Å². The largest absolute Gasteiger partial charge is 0.338 e. The van der Waals surface area contributed by atoms with Crippen molar-refractivity contribution in [3.05, 3.63) is 16.6 Å². The fraction of sp³-hybridized carbons (Fsp3) is 0.600. The number of amides is 1. The molecule has 7 heteroatoms. The van der Waals surface area contributed by atoms with Crippen molar-refractivity contribution in [1.82, 2.24) is 9.88 Å². The first kappa shape index (κ1) is 19.0. The molecule has 0 radical (unpaired) electrons. The first-order valence-electron chi connectivity index (χ1n) is 4.90. The third-order valence-corrected chi connectivity index (χ3v) is 2.90. The van der Waals surface area contributed by atoms with Gasteiger partial charge in [-0.05, 0) is 5.92 Å². The molecule has 0 aliphatic rings. The molecular formula is C10H19Cl2N3OS. The van der Waals surface area contributed by atoms with Crippen molar-refractivity contribution < 1.29 is 4.79 Å². The molecule has 1 rings (SSSR count). The number of halogens is 2. The number of hydrogen-bond donors (Lipinski definition) is 1. The Bertz CT molecular complexity index is 319. The van der Waals surface area contributed by atoms with Crippen LogP contribution < -0.4 is 5.73 Å². The monoisotopic (exact) mass is 299 g/mol. The zero-order valence-electron chi connectivity index (χ0n) is 10.1. The summed E-state index contributed by atoms with van der Waals surface area (Å²) >= 11 is 1.53. The summed E-state index contributed by atoms with van der Waals surface area (Å²) in [5, 5.41) is 1.94. The molecule has 0 bridgehead atoms. The van der Waals surface area contributed by atoms with E-state index >= 15 is 0 Å². The Morgan fingerprint density at radius 1 is 1.53 bits per heavy atom. The van der Waals surface area contributed by atoms with Crippen molar-refractivity contribution in [2.45, 2.75) is 26.4 Å². The molecule has 17 heavy (non-hydrogen) atoms. The van der Waals surface area contributed by atoms with Gasteiger partial charge in [-0.2, -0.15) is 0 Å². The van der Waals surface area contributed by atoms with E-state index in [-0.39, 0.29) is 36.6 Å². The zero-order valence-corrected chi connectivity index (χ0v) is 12.6. The molecule has 100 valence electrons. The Kier molecular flexibility index (Phi) is 9.71. The minimum Gasteiger partial charge on any atom is -0.338 e. The van der Waals surface area contributed by atoms with E-state index in [1.165, 1.54) is 11.3 Å². The average Bonchev–Trinajstić information content (AvgIpc) is 2.67. The summed E-state index contributed by atoms with van der Waals surface area (Å²) in [4.78, 5) is 17.5. The molecule has 0 spiro atoms. The number of carbonyl (C=O) groups excluding carboxylic acids is 1. The van der Waals surface area contributed by atoms with Crippen molar-refractivity contribution in [1.29, 1.82) is 0 Å². The number of thiazole rings is 1. The van der Waals surface area contributed by atoms with E-state index < -0.39 is 6.04 Å². The molecule has 0 unspecified atom stereocenters. The Hall–Kier alpha value is -0.360. The van der Waals surface area contributed by atoms with Crippen LogP contribution in [0.1, 0.15) is 19.5 Å².